The standard InChI is InChI=1S/C23H30N2O4/c1-14(2)8-16(5)12-27-18-6-7-19-17(9-18)13-28-21-11-24-22(10-20(19)21)25-23(26)29-15(3)4/h6-7,9-11,14-16H,8,12-13H2,1-5H3,(H,24,25,26)/t16-/m1/s1. The summed E-state index contributed by atoms with van der Waals surface area (Å²) in [5, 5.41) is 2.66. The minimum absolute atomic E-state index is 0.196. The molecule has 0 bridgehead atoms. The van der Waals surface area contributed by atoms with E-state index in [9.17, 15) is 4.79 Å². The van der Waals surface area contributed by atoms with Crippen molar-refractivity contribution in [2.45, 2.75) is 53.8 Å². The van der Waals surface area contributed by atoms with E-state index in [1.54, 1.807) is 26.1 Å². The topological polar surface area (TPSA) is 69.7 Å². The molecule has 2 heterocycles. The number of rotatable bonds is 7. The Bertz CT molecular complexity index is 864. The van der Waals surface area contributed by atoms with E-state index in [-0.39, 0.29) is 6.10 Å². The zero-order valence-corrected chi connectivity index (χ0v) is 17.8. The number of hydrogen-bond acceptors (Lipinski definition) is 5. The normalized spacial score (nSPS) is 13.3. The largest absolute Gasteiger partial charge is 0.493 e. The molecule has 0 aliphatic carbocycles. The van der Waals surface area contributed by atoms with Crippen LogP contribution in [0.5, 0.6) is 11.5 Å². The second kappa shape index (κ2) is 9.16. The van der Waals surface area contributed by atoms with E-state index in [1.165, 1.54) is 0 Å². The van der Waals surface area contributed by atoms with Crippen LogP contribution in [-0.4, -0.2) is 23.8 Å². The molecule has 0 saturated carbocycles. The lowest BCUT2D eigenvalue weighted by molar-refractivity contribution is 0.130. The van der Waals surface area contributed by atoms with Gasteiger partial charge in [0.25, 0.3) is 0 Å². The number of nitrogens with one attached hydrogen (secondary N) is 1. The van der Waals surface area contributed by atoms with Crippen LogP contribution < -0.4 is 14.8 Å². The zero-order chi connectivity index (χ0) is 21.0. The Morgan fingerprint density at radius 1 is 1.17 bits per heavy atom. The summed E-state index contributed by atoms with van der Waals surface area (Å²) in [6.45, 7) is 11.4. The zero-order valence-electron chi connectivity index (χ0n) is 17.8. The Labute approximate surface area is 172 Å². The van der Waals surface area contributed by atoms with E-state index in [0.29, 0.717) is 36.6 Å². The van der Waals surface area contributed by atoms with Crippen LogP contribution in [0.15, 0.2) is 30.5 Å². The van der Waals surface area contributed by atoms with Gasteiger partial charge in [-0.1, -0.05) is 26.8 Å². The minimum atomic E-state index is -0.524. The molecule has 1 atom stereocenters. The summed E-state index contributed by atoms with van der Waals surface area (Å²) >= 11 is 0. The molecule has 1 aromatic heterocycles. The number of fused-ring (bicyclic) bond motifs is 3. The van der Waals surface area contributed by atoms with E-state index in [2.05, 4.69) is 31.1 Å². The molecule has 6 nitrogen and oxygen atoms in total. The number of pyridine rings is 1. The molecular formula is C23H30N2O4. The Hall–Kier alpha value is -2.76. The summed E-state index contributed by atoms with van der Waals surface area (Å²) in [5.41, 5.74) is 2.99. The second-order valence-electron chi connectivity index (χ2n) is 8.30. The van der Waals surface area contributed by atoms with Crippen molar-refractivity contribution >= 4 is 11.9 Å². The first-order valence-electron chi connectivity index (χ1n) is 10.2. The average Bonchev–Trinajstić information content (AvgIpc) is 2.64. The molecule has 1 aromatic carbocycles. The molecule has 0 fully saturated rings. The second-order valence-corrected chi connectivity index (χ2v) is 8.30. The summed E-state index contributed by atoms with van der Waals surface area (Å²) in [6, 6.07) is 7.85. The molecule has 6 heteroatoms. The third-order valence-corrected chi connectivity index (χ3v) is 4.60. The number of benzene rings is 1. The summed E-state index contributed by atoms with van der Waals surface area (Å²) < 4.78 is 17.0. The molecule has 1 aliphatic rings. The molecule has 1 N–H and O–H groups in total. The van der Waals surface area contributed by atoms with Crippen LogP contribution in [0.2, 0.25) is 0 Å². The van der Waals surface area contributed by atoms with E-state index in [0.717, 1.165) is 28.9 Å². The Morgan fingerprint density at radius 3 is 2.69 bits per heavy atom. The van der Waals surface area contributed by atoms with Crippen LogP contribution >= 0.6 is 0 Å². The SMILES string of the molecule is CC(C)C[C@@H](C)COc1ccc2c(c1)COc1cnc(NC(=O)OC(C)C)cc1-2. The van der Waals surface area contributed by atoms with Crippen molar-refractivity contribution in [2.24, 2.45) is 11.8 Å². The van der Waals surface area contributed by atoms with Gasteiger partial charge in [-0.05, 0) is 55.9 Å². The molecule has 1 amide bonds. The molecular weight excluding hydrogens is 368 g/mol. The van der Waals surface area contributed by atoms with Crippen molar-refractivity contribution < 1.29 is 19.0 Å². The van der Waals surface area contributed by atoms with E-state index < -0.39 is 6.09 Å². The first-order valence-corrected chi connectivity index (χ1v) is 10.2. The average molecular weight is 399 g/mol. The molecule has 1 aliphatic heterocycles. The molecule has 2 aromatic rings. The lowest BCUT2D eigenvalue weighted by Gasteiger charge is -2.22. The molecule has 0 spiro atoms. The van der Waals surface area contributed by atoms with Crippen molar-refractivity contribution in [3.8, 4) is 22.6 Å². The summed E-state index contributed by atoms with van der Waals surface area (Å²) in [5.74, 6) is 3.14. The Balaban J connectivity index is 1.74. The first kappa shape index (κ1) is 21.0. The van der Waals surface area contributed by atoms with Gasteiger partial charge in [-0.15, -0.1) is 0 Å². The predicted octanol–water partition coefficient (Wildman–Crippen LogP) is 5.66. The molecule has 0 saturated heterocycles. The number of carbonyl (C=O) groups excluding carboxylic acids is 1. The van der Waals surface area contributed by atoms with Gasteiger partial charge in [-0.3, -0.25) is 5.32 Å². The van der Waals surface area contributed by atoms with Gasteiger partial charge in [0, 0.05) is 11.1 Å². The number of amides is 1. The van der Waals surface area contributed by atoms with Crippen LogP contribution in [0, 0.1) is 11.8 Å². The summed E-state index contributed by atoms with van der Waals surface area (Å²) in [4.78, 5) is 16.1. The fourth-order valence-electron chi connectivity index (χ4n) is 3.49. The van der Waals surface area contributed by atoms with Gasteiger partial charge in [0.15, 0.2) is 0 Å². The van der Waals surface area contributed by atoms with Crippen LogP contribution in [0.3, 0.4) is 0 Å². The van der Waals surface area contributed by atoms with Gasteiger partial charge < -0.3 is 14.2 Å². The number of nitrogens with zero attached hydrogens (tertiary/aromatic N) is 1. The van der Waals surface area contributed by atoms with E-state index >= 15 is 0 Å². The van der Waals surface area contributed by atoms with Crippen molar-refractivity contribution in [1.82, 2.24) is 4.98 Å². The Kier molecular flexibility index (Phi) is 6.62. The van der Waals surface area contributed by atoms with Gasteiger partial charge in [0.1, 0.15) is 23.9 Å². The van der Waals surface area contributed by atoms with Crippen molar-refractivity contribution in [2.75, 3.05) is 11.9 Å². The highest BCUT2D eigenvalue weighted by molar-refractivity contribution is 5.86. The van der Waals surface area contributed by atoms with E-state index in [1.807, 2.05) is 18.2 Å². The highest BCUT2D eigenvalue weighted by Crippen LogP contribution is 2.39. The minimum Gasteiger partial charge on any atom is -0.493 e. The Morgan fingerprint density at radius 2 is 1.97 bits per heavy atom. The highest BCUT2D eigenvalue weighted by atomic mass is 16.6. The fourth-order valence-corrected chi connectivity index (χ4v) is 3.49. The van der Waals surface area contributed by atoms with E-state index in [4.69, 9.17) is 14.2 Å². The number of ether oxygens (including phenoxy) is 3. The first-order chi connectivity index (χ1) is 13.8. The molecule has 0 unspecified atom stereocenters. The van der Waals surface area contributed by atoms with Crippen LogP contribution in [0.4, 0.5) is 10.6 Å². The molecule has 3 rings (SSSR count). The maximum atomic E-state index is 11.9. The quantitative estimate of drug-likeness (QED) is 0.652. The van der Waals surface area contributed by atoms with Crippen molar-refractivity contribution in [3.63, 3.8) is 0 Å². The number of aromatic nitrogens is 1. The van der Waals surface area contributed by atoms with Gasteiger partial charge in [-0.2, -0.15) is 0 Å². The predicted molar refractivity (Wildman–Crippen MR) is 113 cm³/mol. The van der Waals surface area contributed by atoms with Gasteiger partial charge in [-0.25, -0.2) is 9.78 Å². The van der Waals surface area contributed by atoms with Gasteiger partial charge in [0.2, 0.25) is 0 Å². The number of carbonyl (C=O) groups is 1. The van der Waals surface area contributed by atoms with Gasteiger partial charge in [0.05, 0.1) is 18.9 Å². The third-order valence-electron chi connectivity index (χ3n) is 4.60. The third kappa shape index (κ3) is 5.62. The molecule has 156 valence electrons. The summed E-state index contributed by atoms with van der Waals surface area (Å²) in [7, 11) is 0. The van der Waals surface area contributed by atoms with Crippen LogP contribution in [0.1, 0.15) is 46.6 Å². The molecule has 0 radical (unpaired) electrons. The van der Waals surface area contributed by atoms with Crippen LogP contribution in [-0.2, 0) is 11.3 Å². The van der Waals surface area contributed by atoms with Crippen LogP contribution in [0.25, 0.3) is 11.1 Å². The lowest BCUT2D eigenvalue weighted by atomic mass is 9.97. The fraction of sp³-hybridized carbons (Fsp3) is 0.478. The van der Waals surface area contributed by atoms with Crippen molar-refractivity contribution in [3.05, 3.63) is 36.0 Å². The highest BCUT2D eigenvalue weighted by Gasteiger charge is 2.20. The van der Waals surface area contributed by atoms with Gasteiger partial charge >= 0.3 is 6.09 Å². The van der Waals surface area contributed by atoms with Crippen molar-refractivity contribution in [1.29, 1.82) is 0 Å². The number of anilines is 1. The summed E-state index contributed by atoms with van der Waals surface area (Å²) in [6.07, 6.45) is 2.05. The molecule has 29 heavy (non-hydrogen) atoms. The smallest absolute Gasteiger partial charge is 0.413 e. The maximum absolute atomic E-state index is 11.9. The number of hydrogen-bond donors (Lipinski definition) is 1. The monoisotopic (exact) mass is 398 g/mol. The maximum Gasteiger partial charge on any atom is 0.413 e. The lowest BCUT2D eigenvalue weighted by Crippen LogP contribution is -2.19.